The maximum absolute atomic E-state index is 12.5. The van der Waals surface area contributed by atoms with E-state index in [2.05, 4.69) is 0 Å². The maximum Gasteiger partial charge on any atom is 0.330 e. The lowest BCUT2D eigenvalue weighted by Gasteiger charge is -2.41. The van der Waals surface area contributed by atoms with E-state index < -0.39 is 22.8 Å². The van der Waals surface area contributed by atoms with E-state index in [0.717, 1.165) is 0 Å². The predicted molar refractivity (Wildman–Crippen MR) is 92.4 cm³/mol. The van der Waals surface area contributed by atoms with Crippen LogP contribution in [-0.2, 0) is 14.3 Å². The minimum absolute atomic E-state index is 0.211. The third kappa shape index (κ3) is 3.00. The Labute approximate surface area is 149 Å². The molecule has 1 aromatic carbocycles. The van der Waals surface area contributed by atoms with E-state index in [1.54, 1.807) is 24.3 Å². The van der Waals surface area contributed by atoms with Crippen molar-refractivity contribution in [2.45, 2.75) is 36.1 Å². The van der Waals surface area contributed by atoms with Crippen molar-refractivity contribution in [3.05, 3.63) is 29.8 Å². The van der Waals surface area contributed by atoms with Gasteiger partial charge in [0.05, 0.1) is 7.11 Å². The summed E-state index contributed by atoms with van der Waals surface area (Å²) in [5.41, 5.74) is 6.21. The highest BCUT2D eigenvalue weighted by atomic mass is 32.2. The first kappa shape index (κ1) is 17.8. The normalized spacial score (nSPS) is 26.6. The molecule has 2 aliphatic heterocycles. The van der Waals surface area contributed by atoms with Gasteiger partial charge in [-0.25, -0.2) is 4.79 Å². The fraction of sp³-hybridized carbons (Fsp3) is 0.471. The molecule has 0 radical (unpaired) electrons. The molecular weight excluding hydrogens is 344 g/mol. The van der Waals surface area contributed by atoms with Crippen LogP contribution in [0, 0.1) is 0 Å². The summed E-state index contributed by atoms with van der Waals surface area (Å²) < 4.78 is 9.72. The molecule has 8 heteroatoms. The predicted octanol–water partition coefficient (Wildman–Crippen LogP) is 0.811. The molecule has 0 bridgehead atoms. The van der Waals surface area contributed by atoms with Crippen LogP contribution in [0.25, 0.3) is 0 Å². The number of hydrogen-bond donors (Lipinski definition) is 1. The number of ether oxygens (including phenoxy) is 2. The Morgan fingerprint density at radius 2 is 1.92 bits per heavy atom. The highest BCUT2D eigenvalue weighted by molar-refractivity contribution is 8.01. The fourth-order valence-corrected chi connectivity index (χ4v) is 4.66. The minimum Gasteiger partial charge on any atom is -0.497 e. The number of methoxy groups -OCH3 is 1. The number of esters is 1. The number of rotatable bonds is 5. The first-order chi connectivity index (χ1) is 11.8. The van der Waals surface area contributed by atoms with E-state index in [-0.39, 0.29) is 23.7 Å². The Hall–Kier alpha value is -2.06. The molecule has 0 unspecified atom stereocenters. The number of benzene rings is 1. The number of hydrogen-bond acceptors (Lipinski definition) is 7. The number of thioether (sulfide) groups is 1. The zero-order valence-electron chi connectivity index (χ0n) is 14.2. The van der Waals surface area contributed by atoms with E-state index >= 15 is 0 Å². The van der Waals surface area contributed by atoms with Gasteiger partial charge in [-0.05, 0) is 38.1 Å². The Morgan fingerprint density at radius 1 is 1.28 bits per heavy atom. The number of nitrogens with two attached hydrogens (primary N) is 1. The molecule has 3 atom stereocenters. The zero-order valence-corrected chi connectivity index (χ0v) is 15.0. The summed E-state index contributed by atoms with van der Waals surface area (Å²) in [5.74, 6) is -0.520. The third-order valence-electron chi connectivity index (χ3n) is 4.46. The Bertz CT molecular complexity index is 718. The quantitative estimate of drug-likeness (QED) is 0.469. The van der Waals surface area contributed by atoms with Crippen molar-refractivity contribution in [2.75, 3.05) is 13.7 Å². The van der Waals surface area contributed by atoms with Gasteiger partial charge >= 0.3 is 5.97 Å². The zero-order chi connectivity index (χ0) is 18.4. The molecule has 0 saturated carbocycles. The second kappa shape index (κ2) is 6.34. The van der Waals surface area contributed by atoms with Crippen LogP contribution >= 0.6 is 11.8 Å². The number of carbonyl (C=O) groups excluding carboxylic acids is 3. The molecule has 25 heavy (non-hydrogen) atoms. The summed E-state index contributed by atoms with van der Waals surface area (Å²) in [7, 11) is 1.54. The second-order valence-corrected chi connectivity index (χ2v) is 8.32. The number of amides is 1. The highest BCUT2D eigenvalue weighted by Crippen LogP contribution is 2.50. The summed E-state index contributed by atoms with van der Waals surface area (Å²) in [6.45, 7) is 3.36. The molecule has 3 rings (SSSR count). The fourth-order valence-electron chi connectivity index (χ4n) is 3.10. The number of β-lactam (4-membered cyclic amide) rings is 1. The molecular formula is C17H20N2O5S. The molecule has 0 aromatic heterocycles. The van der Waals surface area contributed by atoms with Gasteiger partial charge in [0, 0.05) is 10.3 Å². The van der Waals surface area contributed by atoms with Gasteiger partial charge in [0.2, 0.25) is 5.91 Å². The van der Waals surface area contributed by atoms with Crippen LogP contribution in [0.3, 0.4) is 0 Å². The number of ketones is 1. The Balaban J connectivity index is 1.64. The first-order valence-corrected chi connectivity index (χ1v) is 8.73. The highest BCUT2D eigenvalue weighted by Gasteiger charge is 2.63. The molecule has 134 valence electrons. The van der Waals surface area contributed by atoms with Gasteiger partial charge in [0.1, 0.15) is 23.2 Å². The number of Topliss-reactive ketones (excluding diaryl/α,β-unsaturated/α-hetero) is 1. The van der Waals surface area contributed by atoms with Crippen molar-refractivity contribution in [3.8, 4) is 5.75 Å². The molecule has 2 N–H and O–H groups in total. The van der Waals surface area contributed by atoms with Crippen LogP contribution in [0.5, 0.6) is 5.75 Å². The van der Waals surface area contributed by atoms with Crippen molar-refractivity contribution < 1.29 is 23.9 Å². The largest absolute Gasteiger partial charge is 0.497 e. The topological polar surface area (TPSA) is 98.9 Å². The van der Waals surface area contributed by atoms with E-state index in [0.29, 0.717) is 11.3 Å². The molecule has 2 fully saturated rings. The van der Waals surface area contributed by atoms with Crippen LogP contribution < -0.4 is 10.5 Å². The molecule has 0 spiro atoms. The van der Waals surface area contributed by atoms with Crippen molar-refractivity contribution in [1.29, 1.82) is 0 Å². The number of nitrogens with zero attached hydrogens (tertiary/aromatic N) is 1. The average Bonchev–Trinajstić information content (AvgIpc) is 2.87. The molecule has 2 heterocycles. The molecule has 0 aliphatic carbocycles. The van der Waals surface area contributed by atoms with Crippen molar-refractivity contribution in [3.63, 3.8) is 0 Å². The molecule has 1 aromatic rings. The maximum atomic E-state index is 12.5. The van der Waals surface area contributed by atoms with Gasteiger partial charge < -0.3 is 20.1 Å². The van der Waals surface area contributed by atoms with Crippen LogP contribution in [0.1, 0.15) is 24.2 Å². The number of fused-ring (bicyclic) bond motifs is 1. The summed E-state index contributed by atoms with van der Waals surface area (Å²) in [4.78, 5) is 38.1. The smallest absolute Gasteiger partial charge is 0.330 e. The Kier molecular flexibility index (Phi) is 4.51. The second-order valence-electron chi connectivity index (χ2n) is 6.55. The SMILES string of the molecule is COc1ccc(C(=O)COC(=O)[C@@H]2N3C(=O)[C@@H](N)[C@H]3SC2(C)C)cc1. The molecule has 1 amide bonds. The summed E-state index contributed by atoms with van der Waals surface area (Å²) in [6, 6.07) is 5.23. The lowest BCUT2D eigenvalue weighted by atomic mass is 9.96. The van der Waals surface area contributed by atoms with E-state index in [9.17, 15) is 14.4 Å². The van der Waals surface area contributed by atoms with E-state index in [1.807, 2.05) is 13.8 Å². The first-order valence-electron chi connectivity index (χ1n) is 7.85. The molecule has 2 saturated heterocycles. The van der Waals surface area contributed by atoms with Gasteiger partial charge in [-0.3, -0.25) is 9.59 Å². The Morgan fingerprint density at radius 3 is 2.52 bits per heavy atom. The van der Waals surface area contributed by atoms with Gasteiger partial charge in [0.25, 0.3) is 0 Å². The van der Waals surface area contributed by atoms with Crippen molar-refractivity contribution in [2.24, 2.45) is 5.73 Å². The standard InChI is InChI=1S/C17H20N2O5S/c1-17(2)13(19-14(21)12(18)15(19)25-17)16(22)24-8-11(20)9-4-6-10(23-3)7-5-9/h4-7,12-13,15H,8,18H2,1-3H3/t12-,13+,15-/m1/s1. The minimum atomic E-state index is -0.738. The summed E-state index contributed by atoms with van der Waals surface area (Å²) >= 11 is 1.48. The van der Waals surface area contributed by atoms with E-state index in [1.165, 1.54) is 23.8 Å². The van der Waals surface area contributed by atoms with Crippen molar-refractivity contribution >= 4 is 29.4 Å². The van der Waals surface area contributed by atoms with Gasteiger partial charge in [-0.15, -0.1) is 11.8 Å². The lowest BCUT2D eigenvalue weighted by molar-refractivity contribution is -0.162. The van der Waals surface area contributed by atoms with Crippen LogP contribution in [0.2, 0.25) is 0 Å². The lowest BCUT2D eigenvalue weighted by Crippen LogP contribution is -2.68. The number of carbonyl (C=O) groups is 3. The summed E-state index contributed by atoms with van der Waals surface area (Å²) in [6.07, 6.45) is 0. The monoisotopic (exact) mass is 364 g/mol. The van der Waals surface area contributed by atoms with Gasteiger partial charge in [0.15, 0.2) is 12.4 Å². The van der Waals surface area contributed by atoms with Crippen LogP contribution in [0.15, 0.2) is 24.3 Å². The molecule has 7 nitrogen and oxygen atoms in total. The third-order valence-corrected chi connectivity index (χ3v) is 6.06. The van der Waals surface area contributed by atoms with Gasteiger partial charge in [-0.1, -0.05) is 0 Å². The average molecular weight is 364 g/mol. The summed E-state index contributed by atoms with van der Waals surface area (Å²) in [5, 5.41) is -0.211. The van der Waals surface area contributed by atoms with Crippen molar-refractivity contribution in [1.82, 2.24) is 4.90 Å². The van der Waals surface area contributed by atoms with Crippen LogP contribution in [-0.4, -0.2) is 58.5 Å². The van der Waals surface area contributed by atoms with Crippen LogP contribution in [0.4, 0.5) is 0 Å². The van der Waals surface area contributed by atoms with E-state index in [4.69, 9.17) is 15.2 Å². The molecule has 2 aliphatic rings. The van der Waals surface area contributed by atoms with Gasteiger partial charge in [-0.2, -0.15) is 0 Å².